The van der Waals surface area contributed by atoms with Gasteiger partial charge in [-0.15, -0.1) is 0 Å². The highest BCUT2D eigenvalue weighted by molar-refractivity contribution is 7.86. The Morgan fingerprint density at radius 2 is 1.81 bits per heavy atom. The van der Waals surface area contributed by atoms with Gasteiger partial charge in [0, 0.05) is 17.4 Å². The predicted molar refractivity (Wildman–Crippen MR) is 123 cm³/mol. The van der Waals surface area contributed by atoms with Gasteiger partial charge in [0.05, 0.1) is 23.5 Å². The maximum absolute atomic E-state index is 13.7. The van der Waals surface area contributed by atoms with Gasteiger partial charge in [0.25, 0.3) is 16.0 Å². The first-order valence-electron chi connectivity index (χ1n) is 10.9. The number of aromatic hydroxyl groups is 1. The van der Waals surface area contributed by atoms with E-state index in [0.29, 0.717) is 6.26 Å². The minimum absolute atomic E-state index is 0.0618. The van der Waals surface area contributed by atoms with E-state index in [4.69, 9.17) is 9.92 Å². The second kappa shape index (κ2) is 7.87. The Kier molecular flexibility index (Phi) is 5.64. The Hall–Kier alpha value is -3.26. The molecule has 5 unspecified atom stereocenters. The summed E-state index contributed by atoms with van der Waals surface area (Å²) < 4.78 is 30.0. The van der Waals surface area contributed by atoms with Gasteiger partial charge in [0.15, 0.2) is 5.78 Å². The van der Waals surface area contributed by atoms with Crippen LogP contribution in [0, 0.1) is 11.8 Å². The zero-order valence-corrected chi connectivity index (χ0v) is 20.7. The van der Waals surface area contributed by atoms with Gasteiger partial charge in [-0.3, -0.25) is 19.3 Å². The highest BCUT2D eigenvalue weighted by atomic mass is 32.2. The Morgan fingerprint density at radius 3 is 2.33 bits per heavy atom. The molecule has 0 saturated heterocycles. The van der Waals surface area contributed by atoms with E-state index in [1.807, 2.05) is 0 Å². The lowest BCUT2D eigenvalue weighted by Gasteiger charge is -2.53. The van der Waals surface area contributed by atoms with Gasteiger partial charge in [-0.05, 0) is 39.1 Å². The number of carbonyl (C=O) groups is 3. The summed E-state index contributed by atoms with van der Waals surface area (Å²) in [6.07, 6.45) is 0.274. The fourth-order valence-electron chi connectivity index (χ4n) is 5.87. The SMILES string of the molecule is CN(C)C1C(O)=C(C(N)=O)C(=O)C2(OS(C)(=O)=O)C(O)=C3C(=O)c4c(O)cccc4C(C)(O)C3CC12. The third-order valence-electron chi connectivity index (χ3n) is 7.27. The quantitative estimate of drug-likeness (QED) is 0.258. The number of aliphatic hydroxyl groups excluding tert-OH is 2. The molecule has 0 fully saturated rings. The molecule has 1 aromatic carbocycles. The number of phenols is 1. The molecule has 0 spiro atoms. The van der Waals surface area contributed by atoms with Gasteiger partial charge < -0.3 is 26.2 Å². The van der Waals surface area contributed by atoms with Crippen molar-refractivity contribution in [2.45, 2.75) is 30.6 Å². The minimum Gasteiger partial charge on any atom is -0.510 e. The highest BCUT2D eigenvalue weighted by Gasteiger charge is 2.68. The molecular weight excluding hydrogens is 496 g/mol. The molecule has 0 aromatic heterocycles. The molecule has 13 heteroatoms. The number of amides is 1. The molecule has 6 N–H and O–H groups in total. The Bertz CT molecular complexity index is 1390. The van der Waals surface area contributed by atoms with Crippen LogP contribution in [0.4, 0.5) is 0 Å². The van der Waals surface area contributed by atoms with E-state index >= 15 is 0 Å². The molecule has 194 valence electrons. The summed E-state index contributed by atoms with van der Waals surface area (Å²) in [5.41, 5.74) is -1.20. The van der Waals surface area contributed by atoms with E-state index in [1.54, 1.807) is 0 Å². The van der Waals surface area contributed by atoms with Gasteiger partial charge >= 0.3 is 0 Å². The average molecular weight is 523 g/mol. The van der Waals surface area contributed by atoms with Crippen LogP contribution in [-0.4, -0.2) is 83.2 Å². The molecule has 12 nitrogen and oxygen atoms in total. The second-order valence-electron chi connectivity index (χ2n) is 9.72. The number of aliphatic hydroxyl groups is 3. The summed E-state index contributed by atoms with van der Waals surface area (Å²) in [5, 5.41) is 44.4. The summed E-state index contributed by atoms with van der Waals surface area (Å²) in [6.45, 7) is 1.35. The van der Waals surface area contributed by atoms with Gasteiger partial charge in [-0.25, -0.2) is 4.18 Å². The number of rotatable bonds is 4. The van der Waals surface area contributed by atoms with Crippen LogP contribution in [0.3, 0.4) is 0 Å². The zero-order valence-electron chi connectivity index (χ0n) is 19.8. The Balaban J connectivity index is 2.15. The van der Waals surface area contributed by atoms with Crippen molar-refractivity contribution < 1.29 is 47.4 Å². The molecule has 4 rings (SSSR count). The second-order valence-corrected chi connectivity index (χ2v) is 11.3. The molecule has 3 aliphatic rings. The lowest BCUT2D eigenvalue weighted by atomic mass is 9.55. The smallest absolute Gasteiger partial charge is 0.265 e. The van der Waals surface area contributed by atoms with Crippen molar-refractivity contribution in [1.29, 1.82) is 0 Å². The number of fused-ring (bicyclic) bond motifs is 3. The van der Waals surface area contributed by atoms with Crippen LogP contribution >= 0.6 is 0 Å². The predicted octanol–water partition coefficient (Wildman–Crippen LogP) is -0.230. The number of hydrogen-bond donors (Lipinski definition) is 5. The van der Waals surface area contributed by atoms with Crippen molar-refractivity contribution in [3.63, 3.8) is 0 Å². The molecule has 0 aliphatic heterocycles. The molecule has 0 radical (unpaired) electrons. The van der Waals surface area contributed by atoms with Crippen molar-refractivity contribution in [2.24, 2.45) is 17.6 Å². The van der Waals surface area contributed by atoms with Crippen LogP contribution in [0.25, 0.3) is 0 Å². The van der Waals surface area contributed by atoms with E-state index in [-0.39, 0.29) is 17.5 Å². The van der Waals surface area contributed by atoms with E-state index in [2.05, 4.69) is 0 Å². The number of primary amides is 1. The molecule has 36 heavy (non-hydrogen) atoms. The van der Waals surface area contributed by atoms with Crippen molar-refractivity contribution in [2.75, 3.05) is 20.4 Å². The molecule has 3 aliphatic carbocycles. The summed E-state index contributed by atoms with van der Waals surface area (Å²) >= 11 is 0. The average Bonchev–Trinajstić information content (AvgIpc) is 2.72. The number of benzene rings is 1. The first-order chi connectivity index (χ1) is 16.5. The summed E-state index contributed by atoms with van der Waals surface area (Å²) in [6, 6.07) is 2.75. The zero-order chi connectivity index (χ0) is 27.1. The number of Topliss-reactive ketones (excluding diaryl/α,β-unsaturated/α-hetero) is 2. The van der Waals surface area contributed by atoms with Crippen LogP contribution in [0.1, 0.15) is 29.3 Å². The number of carbonyl (C=O) groups excluding carboxylic acids is 3. The van der Waals surface area contributed by atoms with Crippen LogP contribution in [0.15, 0.2) is 40.9 Å². The van der Waals surface area contributed by atoms with Crippen LogP contribution in [-0.2, 0) is 29.5 Å². The van der Waals surface area contributed by atoms with Crippen LogP contribution in [0.5, 0.6) is 5.75 Å². The molecule has 0 saturated carbocycles. The fraction of sp³-hybridized carbons (Fsp3) is 0.435. The van der Waals surface area contributed by atoms with E-state index in [1.165, 1.54) is 44.1 Å². The normalized spacial score (nSPS) is 32.3. The molecular formula is C23H26N2O10S. The van der Waals surface area contributed by atoms with Gasteiger partial charge in [0.1, 0.15) is 22.8 Å². The van der Waals surface area contributed by atoms with Crippen molar-refractivity contribution in [3.05, 3.63) is 52.0 Å². The van der Waals surface area contributed by atoms with Crippen LogP contribution < -0.4 is 5.73 Å². The van der Waals surface area contributed by atoms with Crippen molar-refractivity contribution >= 4 is 27.6 Å². The lowest BCUT2D eigenvalue weighted by Crippen LogP contribution is -2.66. The maximum Gasteiger partial charge on any atom is 0.265 e. The van der Waals surface area contributed by atoms with Gasteiger partial charge in [0.2, 0.25) is 11.4 Å². The van der Waals surface area contributed by atoms with E-state index < -0.39 is 85.1 Å². The monoisotopic (exact) mass is 522 g/mol. The maximum atomic E-state index is 13.7. The van der Waals surface area contributed by atoms with Crippen molar-refractivity contribution in [1.82, 2.24) is 4.90 Å². The first-order valence-corrected chi connectivity index (χ1v) is 12.7. The molecule has 0 heterocycles. The third kappa shape index (κ3) is 3.30. The number of hydrogen-bond acceptors (Lipinski definition) is 11. The molecule has 1 aromatic rings. The minimum atomic E-state index is -4.55. The number of nitrogens with zero attached hydrogens (tertiary/aromatic N) is 1. The first kappa shape index (κ1) is 25.8. The lowest BCUT2D eigenvalue weighted by molar-refractivity contribution is -0.146. The molecule has 1 amide bonds. The van der Waals surface area contributed by atoms with E-state index in [0.717, 1.165) is 0 Å². The standard InChI is InChI=1S/C23H26N2O10S/c1-22(32)9-6-5-7-12(26)13(9)17(27)14-10(22)8-11-16(25(2)3)18(28)15(21(24)31)20(30)23(11,19(14)29)35-36(4,33)34/h5-7,10-11,16,26,28-29,32H,8H2,1-4H3,(H2,24,31). The highest BCUT2D eigenvalue weighted by Crippen LogP contribution is 2.57. The van der Waals surface area contributed by atoms with Gasteiger partial charge in [-0.1, -0.05) is 12.1 Å². The molecule has 0 bridgehead atoms. The Morgan fingerprint density at radius 1 is 1.19 bits per heavy atom. The summed E-state index contributed by atoms with van der Waals surface area (Å²) in [5.74, 6) is -8.82. The summed E-state index contributed by atoms with van der Waals surface area (Å²) in [4.78, 5) is 40.9. The van der Waals surface area contributed by atoms with Gasteiger partial charge in [-0.2, -0.15) is 8.42 Å². The fourth-order valence-corrected chi connectivity index (χ4v) is 6.62. The largest absolute Gasteiger partial charge is 0.510 e. The third-order valence-corrected chi connectivity index (χ3v) is 7.84. The topological polar surface area (TPSA) is 205 Å². The number of nitrogens with two attached hydrogens (primary N) is 1. The number of likely N-dealkylation sites (N-methyl/N-ethyl adjacent to an activating group) is 1. The Labute approximate surface area is 206 Å². The van der Waals surface area contributed by atoms with Crippen molar-refractivity contribution in [3.8, 4) is 5.75 Å². The number of ketones is 2. The molecule has 5 atom stereocenters. The van der Waals surface area contributed by atoms with Crippen LogP contribution in [0.2, 0.25) is 0 Å². The number of phenolic OH excluding ortho intramolecular Hbond substituents is 1. The van der Waals surface area contributed by atoms with E-state index in [9.17, 15) is 43.2 Å². The summed E-state index contributed by atoms with van der Waals surface area (Å²) in [7, 11) is -1.62.